The molecule has 0 unspecified atom stereocenters. The number of carbonyl (C=O) groups excluding carboxylic acids is 1. The van der Waals surface area contributed by atoms with E-state index in [1.807, 2.05) is 43.4 Å². The molecule has 0 spiro atoms. The van der Waals surface area contributed by atoms with Crippen molar-refractivity contribution >= 4 is 23.2 Å². The molecule has 1 amide bonds. The number of carbonyl (C=O) groups is 1. The first-order valence-electron chi connectivity index (χ1n) is 7.28. The second-order valence-electron chi connectivity index (χ2n) is 5.08. The van der Waals surface area contributed by atoms with Gasteiger partial charge in [-0.25, -0.2) is 0 Å². The van der Waals surface area contributed by atoms with Gasteiger partial charge in [-0.05, 0) is 36.2 Å². The number of likely N-dealkylation sites (N-methyl/N-ethyl adjacent to an activating group) is 1. The zero-order valence-corrected chi connectivity index (χ0v) is 13.4. The molecule has 2 rings (SSSR count). The molecule has 1 heterocycles. The molecular formula is C17H20ClN3O. The molecule has 0 bridgehead atoms. The van der Waals surface area contributed by atoms with Crippen LogP contribution >= 0.6 is 11.6 Å². The Morgan fingerprint density at radius 1 is 1.23 bits per heavy atom. The third-order valence-electron chi connectivity index (χ3n) is 3.44. The Labute approximate surface area is 136 Å². The number of hydrogen-bond donors (Lipinski definition) is 1. The fourth-order valence-corrected chi connectivity index (χ4v) is 2.27. The molecule has 0 fully saturated rings. The maximum atomic E-state index is 12.1. The van der Waals surface area contributed by atoms with Crippen LogP contribution in [0.1, 0.15) is 12.0 Å². The second kappa shape index (κ2) is 8.39. The van der Waals surface area contributed by atoms with Gasteiger partial charge in [-0.1, -0.05) is 23.7 Å². The highest BCUT2D eigenvalue weighted by Crippen LogP contribution is 2.20. The normalized spacial score (nSPS) is 10.3. The number of rotatable bonds is 7. The van der Waals surface area contributed by atoms with E-state index in [-0.39, 0.29) is 5.91 Å². The summed E-state index contributed by atoms with van der Waals surface area (Å²) in [5.74, 6) is 0.119. The minimum atomic E-state index is 0.119. The first-order valence-corrected chi connectivity index (χ1v) is 7.66. The second-order valence-corrected chi connectivity index (χ2v) is 5.48. The number of halogens is 1. The molecule has 116 valence electrons. The summed E-state index contributed by atoms with van der Waals surface area (Å²) in [5.41, 5.74) is 2.04. The summed E-state index contributed by atoms with van der Waals surface area (Å²) in [6.45, 7) is 1.27. The summed E-state index contributed by atoms with van der Waals surface area (Å²) in [4.78, 5) is 17.8. The Hall–Kier alpha value is -2.07. The first-order chi connectivity index (χ1) is 10.7. The predicted octanol–water partition coefficient (Wildman–Crippen LogP) is 3.24. The van der Waals surface area contributed by atoms with Crippen molar-refractivity contribution in [2.75, 3.05) is 25.5 Å². The van der Waals surface area contributed by atoms with Crippen molar-refractivity contribution in [2.24, 2.45) is 0 Å². The maximum absolute atomic E-state index is 12.1. The summed E-state index contributed by atoms with van der Waals surface area (Å²) in [6.07, 6.45) is 4.82. The van der Waals surface area contributed by atoms with Gasteiger partial charge < -0.3 is 10.2 Å². The Bertz CT molecular complexity index is 604. The van der Waals surface area contributed by atoms with Gasteiger partial charge in [0.15, 0.2) is 0 Å². The van der Waals surface area contributed by atoms with Gasteiger partial charge in [-0.2, -0.15) is 0 Å². The standard InChI is InChI=1S/C17H20ClN3O/c1-21(13-9-14-6-10-19-11-7-14)17(22)8-12-20-16-5-3-2-4-15(16)18/h2-7,10-11,20H,8-9,12-13H2,1H3. The van der Waals surface area contributed by atoms with Gasteiger partial charge >= 0.3 is 0 Å². The lowest BCUT2D eigenvalue weighted by atomic mass is 10.2. The van der Waals surface area contributed by atoms with Gasteiger partial charge in [0.25, 0.3) is 0 Å². The predicted molar refractivity (Wildman–Crippen MR) is 90.1 cm³/mol. The minimum Gasteiger partial charge on any atom is -0.383 e. The number of anilines is 1. The molecule has 0 aliphatic rings. The molecule has 4 nitrogen and oxygen atoms in total. The summed E-state index contributed by atoms with van der Waals surface area (Å²) in [7, 11) is 1.83. The van der Waals surface area contributed by atoms with E-state index in [9.17, 15) is 4.79 Å². The molecule has 0 radical (unpaired) electrons. The van der Waals surface area contributed by atoms with Gasteiger partial charge in [0.1, 0.15) is 0 Å². The number of hydrogen-bond acceptors (Lipinski definition) is 3. The van der Waals surface area contributed by atoms with Crippen LogP contribution in [-0.2, 0) is 11.2 Å². The van der Waals surface area contributed by atoms with E-state index in [1.165, 1.54) is 5.56 Å². The Morgan fingerprint density at radius 3 is 2.68 bits per heavy atom. The molecule has 22 heavy (non-hydrogen) atoms. The van der Waals surface area contributed by atoms with Crippen LogP contribution in [0.4, 0.5) is 5.69 Å². The molecule has 0 atom stereocenters. The summed E-state index contributed by atoms with van der Waals surface area (Å²) < 4.78 is 0. The van der Waals surface area contributed by atoms with E-state index < -0.39 is 0 Å². The van der Waals surface area contributed by atoms with Crippen LogP contribution in [0.25, 0.3) is 0 Å². The molecule has 1 N–H and O–H groups in total. The Kier molecular flexibility index (Phi) is 6.22. The molecule has 2 aromatic rings. The van der Waals surface area contributed by atoms with E-state index in [0.29, 0.717) is 24.5 Å². The smallest absolute Gasteiger partial charge is 0.224 e. The quantitative estimate of drug-likeness (QED) is 0.852. The summed E-state index contributed by atoms with van der Waals surface area (Å²) >= 11 is 6.06. The van der Waals surface area contributed by atoms with Crippen LogP contribution < -0.4 is 5.32 Å². The van der Waals surface area contributed by atoms with Crippen LogP contribution in [0, 0.1) is 0 Å². The van der Waals surface area contributed by atoms with Crippen LogP contribution in [-0.4, -0.2) is 35.9 Å². The lowest BCUT2D eigenvalue weighted by Gasteiger charge is -2.17. The molecule has 0 aliphatic heterocycles. The summed E-state index contributed by atoms with van der Waals surface area (Å²) in [5, 5.41) is 3.85. The fraction of sp³-hybridized carbons (Fsp3) is 0.294. The van der Waals surface area contributed by atoms with Crippen LogP contribution in [0.2, 0.25) is 5.02 Å². The molecule has 5 heteroatoms. The third-order valence-corrected chi connectivity index (χ3v) is 3.77. The maximum Gasteiger partial charge on any atom is 0.224 e. The average Bonchev–Trinajstić information content (AvgIpc) is 2.55. The summed E-state index contributed by atoms with van der Waals surface area (Å²) in [6, 6.07) is 11.5. The van der Waals surface area contributed by atoms with Crippen LogP contribution in [0.5, 0.6) is 0 Å². The number of para-hydroxylation sites is 1. The van der Waals surface area contributed by atoms with E-state index in [0.717, 1.165) is 12.1 Å². The van der Waals surface area contributed by atoms with Crippen molar-refractivity contribution < 1.29 is 4.79 Å². The SMILES string of the molecule is CN(CCc1ccncc1)C(=O)CCNc1ccccc1Cl. The Balaban J connectivity index is 1.71. The van der Waals surface area contributed by atoms with Crippen molar-refractivity contribution in [1.29, 1.82) is 0 Å². The van der Waals surface area contributed by atoms with Crippen molar-refractivity contribution in [3.8, 4) is 0 Å². The zero-order valence-electron chi connectivity index (χ0n) is 12.6. The van der Waals surface area contributed by atoms with Gasteiger partial charge in [-0.3, -0.25) is 9.78 Å². The van der Waals surface area contributed by atoms with Gasteiger partial charge in [0, 0.05) is 39.0 Å². The molecule has 0 aliphatic carbocycles. The van der Waals surface area contributed by atoms with E-state index >= 15 is 0 Å². The topological polar surface area (TPSA) is 45.2 Å². The zero-order chi connectivity index (χ0) is 15.8. The molecule has 0 saturated heterocycles. The average molecular weight is 318 g/mol. The number of pyridine rings is 1. The van der Waals surface area contributed by atoms with E-state index in [4.69, 9.17) is 11.6 Å². The lowest BCUT2D eigenvalue weighted by molar-refractivity contribution is -0.129. The molecular weight excluding hydrogens is 298 g/mol. The highest BCUT2D eigenvalue weighted by atomic mass is 35.5. The highest BCUT2D eigenvalue weighted by Gasteiger charge is 2.08. The third kappa shape index (κ3) is 5.04. The molecule has 1 aromatic heterocycles. The number of nitrogens with one attached hydrogen (secondary N) is 1. The molecule has 1 aromatic carbocycles. The fourth-order valence-electron chi connectivity index (χ4n) is 2.07. The lowest BCUT2D eigenvalue weighted by Crippen LogP contribution is -2.30. The van der Waals surface area contributed by atoms with Crippen LogP contribution in [0.3, 0.4) is 0 Å². The van der Waals surface area contributed by atoms with Gasteiger partial charge in [0.05, 0.1) is 10.7 Å². The van der Waals surface area contributed by atoms with E-state index in [2.05, 4.69) is 10.3 Å². The van der Waals surface area contributed by atoms with Crippen molar-refractivity contribution in [2.45, 2.75) is 12.8 Å². The monoisotopic (exact) mass is 317 g/mol. The van der Waals surface area contributed by atoms with Crippen molar-refractivity contribution in [3.63, 3.8) is 0 Å². The first kappa shape index (κ1) is 16.3. The Morgan fingerprint density at radius 2 is 1.95 bits per heavy atom. The number of benzene rings is 1. The minimum absolute atomic E-state index is 0.119. The van der Waals surface area contributed by atoms with Crippen LogP contribution in [0.15, 0.2) is 48.8 Å². The number of aromatic nitrogens is 1. The van der Waals surface area contributed by atoms with E-state index in [1.54, 1.807) is 17.3 Å². The molecule has 0 saturated carbocycles. The van der Waals surface area contributed by atoms with Crippen molar-refractivity contribution in [1.82, 2.24) is 9.88 Å². The largest absolute Gasteiger partial charge is 0.383 e. The van der Waals surface area contributed by atoms with Gasteiger partial charge in [-0.15, -0.1) is 0 Å². The van der Waals surface area contributed by atoms with Crippen molar-refractivity contribution in [3.05, 3.63) is 59.4 Å². The number of nitrogens with zero attached hydrogens (tertiary/aromatic N) is 2. The highest BCUT2D eigenvalue weighted by molar-refractivity contribution is 6.33. The number of amides is 1. The van der Waals surface area contributed by atoms with Gasteiger partial charge in [0.2, 0.25) is 5.91 Å².